The number of aromatic nitrogens is 3. The van der Waals surface area contributed by atoms with Crippen molar-refractivity contribution >= 4 is 27.7 Å². The van der Waals surface area contributed by atoms with E-state index in [1.54, 1.807) is 7.05 Å². The second-order valence-corrected chi connectivity index (χ2v) is 4.45. The van der Waals surface area contributed by atoms with E-state index >= 15 is 0 Å². The van der Waals surface area contributed by atoms with Crippen LogP contribution in [0.25, 0.3) is 0 Å². The maximum Gasteiger partial charge on any atom is 0.339 e. The lowest BCUT2D eigenvalue weighted by Crippen LogP contribution is -2.34. The average Bonchev–Trinajstić information content (AvgIpc) is 2.21. The van der Waals surface area contributed by atoms with Gasteiger partial charge in [0.2, 0.25) is 0 Å². The van der Waals surface area contributed by atoms with Crippen LogP contribution >= 0.6 is 27.7 Å². The van der Waals surface area contributed by atoms with E-state index in [-0.39, 0.29) is 0 Å². The predicted molar refractivity (Wildman–Crippen MR) is 60.6 cm³/mol. The Kier molecular flexibility index (Phi) is 4.55. The summed E-state index contributed by atoms with van der Waals surface area (Å²) in [4.78, 5) is 25.4. The number of nitrogens with one attached hydrogen (secondary N) is 1. The molecule has 1 heterocycles. The fourth-order valence-electron chi connectivity index (χ4n) is 0.805. The molecule has 0 aromatic carbocycles. The van der Waals surface area contributed by atoms with Gasteiger partial charge < -0.3 is 5.11 Å². The largest absolute Gasteiger partial charge is 0.391 e. The SMILES string of the molecule is Cn1[nH]c(=O)c(=O)nc1SCC(O)CBr. The van der Waals surface area contributed by atoms with E-state index in [9.17, 15) is 14.7 Å². The lowest BCUT2D eigenvalue weighted by Gasteiger charge is -2.07. The molecule has 1 aromatic rings. The molecule has 0 aliphatic carbocycles. The molecular weight excluding hydrogens is 286 g/mol. The second kappa shape index (κ2) is 5.47. The van der Waals surface area contributed by atoms with Gasteiger partial charge >= 0.3 is 11.1 Å². The molecular formula is C7H10BrN3O3S. The third kappa shape index (κ3) is 3.47. The molecule has 1 unspecified atom stereocenters. The molecule has 0 spiro atoms. The van der Waals surface area contributed by atoms with Crippen molar-refractivity contribution in [3.8, 4) is 0 Å². The van der Waals surface area contributed by atoms with Crippen molar-refractivity contribution in [2.24, 2.45) is 7.05 Å². The van der Waals surface area contributed by atoms with Gasteiger partial charge in [-0.2, -0.15) is 4.98 Å². The van der Waals surface area contributed by atoms with Crippen LogP contribution in [-0.2, 0) is 7.05 Å². The summed E-state index contributed by atoms with van der Waals surface area (Å²) in [5.74, 6) is 0.400. The van der Waals surface area contributed by atoms with Crippen molar-refractivity contribution in [1.82, 2.24) is 14.8 Å². The first kappa shape index (κ1) is 12.5. The summed E-state index contributed by atoms with van der Waals surface area (Å²) >= 11 is 4.33. The zero-order valence-electron chi connectivity index (χ0n) is 7.94. The minimum Gasteiger partial charge on any atom is -0.391 e. The Hall–Kier alpha value is -0.600. The van der Waals surface area contributed by atoms with Crippen LogP contribution in [0.1, 0.15) is 0 Å². The zero-order valence-corrected chi connectivity index (χ0v) is 10.3. The number of thioether (sulfide) groups is 1. The van der Waals surface area contributed by atoms with E-state index in [1.165, 1.54) is 16.4 Å². The number of nitrogens with zero attached hydrogens (tertiary/aromatic N) is 2. The minimum absolute atomic E-state index is 0.375. The lowest BCUT2D eigenvalue weighted by molar-refractivity contribution is 0.226. The Morgan fingerprint density at radius 2 is 2.33 bits per heavy atom. The molecule has 0 aliphatic heterocycles. The van der Waals surface area contributed by atoms with Gasteiger partial charge in [-0.1, -0.05) is 27.7 Å². The smallest absolute Gasteiger partial charge is 0.339 e. The van der Waals surface area contributed by atoms with Crippen LogP contribution < -0.4 is 11.1 Å². The third-order valence-electron chi connectivity index (χ3n) is 1.53. The number of aryl methyl sites for hydroxylation is 1. The molecule has 1 rings (SSSR count). The first-order chi connectivity index (χ1) is 7.04. The monoisotopic (exact) mass is 295 g/mol. The summed E-state index contributed by atoms with van der Waals surface area (Å²) in [5, 5.41) is 12.4. The van der Waals surface area contributed by atoms with Crippen molar-refractivity contribution in [3.05, 3.63) is 20.7 Å². The van der Waals surface area contributed by atoms with Crippen molar-refractivity contribution < 1.29 is 5.11 Å². The minimum atomic E-state index is -0.816. The third-order valence-corrected chi connectivity index (χ3v) is 3.45. The Labute approximate surface area is 97.8 Å². The number of hydrogen-bond acceptors (Lipinski definition) is 5. The number of hydrogen-bond donors (Lipinski definition) is 2. The van der Waals surface area contributed by atoms with Gasteiger partial charge in [0.05, 0.1) is 6.10 Å². The Bertz CT molecular complexity index is 444. The van der Waals surface area contributed by atoms with Crippen LogP contribution in [0.3, 0.4) is 0 Å². The average molecular weight is 296 g/mol. The van der Waals surface area contributed by atoms with E-state index in [4.69, 9.17) is 0 Å². The number of alkyl halides is 1. The Morgan fingerprint density at radius 1 is 1.67 bits per heavy atom. The Morgan fingerprint density at radius 3 is 2.93 bits per heavy atom. The number of H-pyrrole nitrogens is 1. The quantitative estimate of drug-likeness (QED) is 0.436. The first-order valence-corrected chi connectivity index (χ1v) is 6.19. The highest BCUT2D eigenvalue weighted by Crippen LogP contribution is 2.13. The van der Waals surface area contributed by atoms with E-state index in [0.717, 1.165) is 0 Å². The summed E-state index contributed by atoms with van der Waals surface area (Å²) in [7, 11) is 1.58. The molecule has 84 valence electrons. The number of halogens is 1. The molecule has 6 nitrogen and oxygen atoms in total. The molecule has 0 radical (unpaired) electrons. The molecule has 0 bridgehead atoms. The molecule has 0 saturated carbocycles. The van der Waals surface area contributed by atoms with Crippen molar-refractivity contribution in [3.63, 3.8) is 0 Å². The maximum atomic E-state index is 11.0. The number of rotatable bonds is 4. The van der Waals surface area contributed by atoms with Crippen LogP contribution in [0.15, 0.2) is 14.7 Å². The lowest BCUT2D eigenvalue weighted by atomic mass is 10.5. The summed E-state index contributed by atoms with van der Waals surface area (Å²) in [5.41, 5.74) is -1.56. The van der Waals surface area contributed by atoms with Gasteiger partial charge in [0.15, 0.2) is 5.16 Å². The Balaban J connectivity index is 2.82. The number of aliphatic hydroxyl groups excluding tert-OH is 1. The second-order valence-electron chi connectivity index (χ2n) is 2.82. The topological polar surface area (TPSA) is 88.0 Å². The molecule has 8 heteroatoms. The predicted octanol–water partition coefficient (Wildman–Crippen LogP) is -0.684. The first-order valence-electron chi connectivity index (χ1n) is 4.08. The molecule has 0 amide bonds. The normalized spacial score (nSPS) is 12.7. The van der Waals surface area contributed by atoms with E-state index < -0.39 is 17.2 Å². The van der Waals surface area contributed by atoms with Crippen LogP contribution in [0.5, 0.6) is 0 Å². The van der Waals surface area contributed by atoms with Crippen molar-refractivity contribution in [2.75, 3.05) is 11.1 Å². The molecule has 0 aliphatic rings. The molecule has 1 atom stereocenters. The van der Waals surface area contributed by atoms with Crippen molar-refractivity contribution in [1.29, 1.82) is 0 Å². The highest BCUT2D eigenvalue weighted by molar-refractivity contribution is 9.09. The van der Waals surface area contributed by atoms with Crippen molar-refractivity contribution in [2.45, 2.75) is 11.3 Å². The fourth-order valence-corrected chi connectivity index (χ4v) is 2.18. The van der Waals surface area contributed by atoms with E-state index in [2.05, 4.69) is 26.0 Å². The van der Waals surface area contributed by atoms with Crippen LogP contribution in [0, 0.1) is 0 Å². The van der Waals surface area contributed by atoms with Gasteiger partial charge in [-0.25, -0.2) is 0 Å². The van der Waals surface area contributed by atoms with E-state index in [0.29, 0.717) is 16.2 Å². The summed E-state index contributed by atoms with van der Waals surface area (Å²) in [6, 6.07) is 0. The number of aromatic amines is 1. The van der Waals surface area contributed by atoms with E-state index in [1.807, 2.05) is 0 Å². The van der Waals surface area contributed by atoms with Gasteiger partial charge in [-0.15, -0.1) is 0 Å². The van der Waals surface area contributed by atoms with Crippen LogP contribution in [0.4, 0.5) is 0 Å². The maximum absolute atomic E-state index is 11.0. The molecule has 1 aromatic heterocycles. The van der Waals surface area contributed by atoms with Crippen LogP contribution in [-0.4, -0.2) is 37.1 Å². The molecule has 0 fully saturated rings. The highest BCUT2D eigenvalue weighted by Gasteiger charge is 2.07. The fraction of sp³-hybridized carbons (Fsp3) is 0.571. The highest BCUT2D eigenvalue weighted by atomic mass is 79.9. The molecule has 0 saturated heterocycles. The van der Waals surface area contributed by atoms with Gasteiger partial charge in [-0.05, 0) is 0 Å². The van der Waals surface area contributed by atoms with Gasteiger partial charge in [-0.3, -0.25) is 19.4 Å². The standard InChI is InChI=1S/C7H10BrN3O3S/c1-11-7(15-3-4(12)2-8)9-5(13)6(14)10-11/h4,12H,2-3H2,1H3,(H,10,14). The summed E-state index contributed by atoms with van der Waals surface area (Å²) in [6.45, 7) is 0. The summed E-state index contributed by atoms with van der Waals surface area (Å²) in [6.07, 6.45) is -0.515. The van der Waals surface area contributed by atoms with Gasteiger partial charge in [0, 0.05) is 18.1 Å². The molecule has 2 N–H and O–H groups in total. The molecule has 15 heavy (non-hydrogen) atoms. The summed E-state index contributed by atoms with van der Waals surface area (Å²) < 4.78 is 1.36. The van der Waals surface area contributed by atoms with Gasteiger partial charge in [0.1, 0.15) is 0 Å². The van der Waals surface area contributed by atoms with Crippen LogP contribution in [0.2, 0.25) is 0 Å². The number of aliphatic hydroxyl groups is 1. The zero-order chi connectivity index (χ0) is 11.4. The van der Waals surface area contributed by atoms with Gasteiger partial charge in [0.25, 0.3) is 0 Å².